The van der Waals surface area contributed by atoms with Crippen molar-refractivity contribution in [2.45, 2.75) is 23.8 Å². The van der Waals surface area contributed by atoms with Crippen LogP contribution < -0.4 is 0 Å². The zero-order valence-corrected chi connectivity index (χ0v) is 10.0. The minimum atomic E-state index is -0.286. The first kappa shape index (κ1) is 10.2. The van der Waals surface area contributed by atoms with E-state index in [4.69, 9.17) is 0 Å². The fourth-order valence-electron chi connectivity index (χ4n) is 2.37. The van der Waals surface area contributed by atoms with Crippen molar-refractivity contribution in [2.75, 3.05) is 0 Å². The second-order valence-electron chi connectivity index (χ2n) is 4.82. The first-order valence-corrected chi connectivity index (χ1v) is 6.58. The highest BCUT2D eigenvalue weighted by atomic mass is 32.2. The normalized spacial score (nSPS) is 35.6. The Balaban J connectivity index is 1.90. The van der Waals surface area contributed by atoms with E-state index in [9.17, 15) is 4.79 Å². The number of hydrogen-bond acceptors (Lipinski definition) is 2. The van der Waals surface area contributed by atoms with E-state index in [1.807, 2.05) is 42.1 Å². The maximum absolute atomic E-state index is 12.4. The molecule has 2 aliphatic rings. The molecule has 1 aliphatic carbocycles. The number of allylic oxidation sites excluding steroid dienone is 1. The van der Waals surface area contributed by atoms with E-state index < -0.39 is 0 Å². The van der Waals surface area contributed by atoms with Gasteiger partial charge >= 0.3 is 0 Å². The average molecular weight is 230 g/mol. The average Bonchev–Trinajstić information content (AvgIpc) is 3.07. The molecule has 3 unspecified atom stereocenters. The predicted octanol–water partition coefficient (Wildman–Crippen LogP) is 3.32. The molecule has 3 atom stereocenters. The van der Waals surface area contributed by atoms with E-state index in [1.165, 1.54) is 0 Å². The fraction of sp³-hybridized carbons (Fsp3) is 0.357. The Kier molecular flexibility index (Phi) is 2.21. The van der Waals surface area contributed by atoms with E-state index in [1.54, 1.807) is 0 Å². The van der Waals surface area contributed by atoms with Crippen LogP contribution >= 0.6 is 11.8 Å². The van der Waals surface area contributed by atoms with Crippen LogP contribution in [0.25, 0.3) is 0 Å². The highest BCUT2D eigenvalue weighted by molar-refractivity contribution is 8.07. The number of thioether (sulfide) groups is 1. The number of Topliss-reactive ketones (excluding diaryl/α,β-unsaturated/α-hetero) is 1. The first-order valence-electron chi connectivity index (χ1n) is 5.64. The van der Waals surface area contributed by atoms with E-state index in [-0.39, 0.29) is 11.2 Å². The summed E-state index contributed by atoms with van der Waals surface area (Å²) < 4.78 is 0. The Labute approximate surface area is 99.9 Å². The van der Waals surface area contributed by atoms with Crippen molar-refractivity contribution in [1.82, 2.24) is 0 Å². The maximum atomic E-state index is 12.4. The summed E-state index contributed by atoms with van der Waals surface area (Å²) in [4.78, 5) is 12.4. The van der Waals surface area contributed by atoms with Crippen LogP contribution in [0.1, 0.15) is 23.7 Å². The van der Waals surface area contributed by atoms with Crippen LogP contribution in [0.2, 0.25) is 0 Å². The smallest absolute Gasteiger partial charge is 0.172 e. The largest absolute Gasteiger partial charge is 0.293 e. The number of fused-ring (bicyclic) bond motifs is 1. The second kappa shape index (κ2) is 3.49. The molecular formula is C14H14OS. The lowest BCUT2D eigenvalue weighted by atomic mass is 9.75. The van der Waals surface area contributed by atoms with Crippen molar-refractivity contribution in [3.8, 4) is 0 Å². The SMILES string of the molecule is CC1(C(=O)c2ccccc2)C=CC2SC2C1. The number of carbonyl (C=O) groups excluding carboxylic acids is 1. The van der Waals surface area contributed by atoms with E-state index in [0.29, 0.717) is 10.5 Å². The number of rotatable bonds is 2. The lowest BCUT2D eigenvalue weighted by Crippen LogP contribution is -2.30. The summed E-state index contributed by atoms with van der Waals surface area (Å²) in [6.07, 6.45) is 5.32. The topological polar surface area (TPSA) is 17.1 Å². The van der Waals surface area contributed by atoms with Crippen LogP contribution in [-0.2, 0) is 0 Å². The molecule has 3 rings (SSSR count). The van der Waals surface area contributed by atoms with E-state index in [2.05, 4.69) is 19.1 Å². The molecule has 1 aromatic rings. The van der Waals surface area contributed by atoms with Gasteiger partial charge in [0.05, 0.1) is 0 Å². The minimum absolute atomic E-state index is 0.260. The molecule has 82 valence electrons. The fourth-order valence-corrected chi connectivity index (χ4v) is 3.48. The molecule has 0 saturated carbocycles. The number of hydrogen-bond donors (Lipinski definition) is 0. The maximum Gasteiger partial charge on any atom is 0.172 e. The van der Waals surface area contributed by atoms with E-state index >= 15 is 0 Å². The number of carbonyl (C=O) groups is 1. The van der Waals surface area contributed by atoms with Crippen LogP contribution in [0.15, 0.2) is 42.5 Å². The zero-order chi connectivity index (χ0) is 11.2. The van der Waals surface area contributed by atoms with Crippen molar-refractivity contribution in [2.24, 2.45) is 5.41 Å². The van der Waals surface area contributed by atoms with Gasteiger partial charge in [0, 0.05) is 21.5 Å². The van der Waals surface area contributed by atoms with Gasteiger partial charge < -0.3 is 0 Å². The molecule has 0 amide bonds. The van der Waals surface area contributed by atoms with Crippen molar-refractivity contribution in [1.29, 1.82) is 0 Å². The van der Waals surface area contributed by atoms with Gasteiger partial charge in [-0.05, 0) is 13.3 Å². The lowest BCUT2D eigenvalue weighted by Gasteiger charge is -2.26. The zero-order valence-electron chi connectivity index (χ0n) is 9.22. The highest BCUT2D eigenvalue weighted by Crippen LogP contribution is 2.53. The van der Waals surface area contributed by atoms with Gasteiger partial charge in [-0.1, -0.05) is 42.5 Å². The molecule has 0 N–H and O–H groups in total. The molecule has 2 heteroatoms. The molecule has 1 heterocycles. The van der Waals surface area contributed by atoms with Crippen molar-refractivity contribution in [3.63, 3.8) is 0 Å². The van der Waals surface area contributed by atoms with Crippen LogP contribution in [0.4, 0.5) is 0 Å². The van der Waals surface area contributed by atoms with Gasteiger partial charge in [0.15, 0.2) is 5.78 Å². The van der Waals surface area contributed by atoms with Crippen LogP contribution in [0, 0.1) is 5.41 Å². The van der Waals surface area contributed by atoms with Gasteiger partial charge in [0.1, 0.15) is 0 Å². The van der Waals surface area contributed by atoms with Gasteiger partial charge in [0.25, 0.3) is 0 Å². The number of benzene rings is 1. The van der Waals surface area contributed by atoms with Gasteiger partial charge in [-0.3, -0.25) is 4.79 Å². The van der Waals surface area contributed by atoms with Gasteiger partial charge in [-0.25, -0.2) is 0 Å². The standard InChI is InChI=1S/C14H14OS/c1-14(8-7-11-12(9-14)16-11)13(15)10-5-3-2-4-6-10/h2-8,11-12H,9H2,1H3. The molecule has 0 spiro atoms. The molecule has 0 bridgehead atoms. The quantitative estimate of drug-likeness (QED) is 0.440. The summed E-state index contributed by atoms with van der Waals surface area (Å²) in [6, 6.07) is 9.62. The Morgan fingerprint density at radius 2 is 2.12 bits per heavy atom. The molecule has 1 aromatic carbocycles. The summed E-state index contributed by atoms with van der Waals surface area (Å²) >= 11 is 1.97. The molecular weight excluding hydrogens is 216 g/mol. The molecule has 0 radical (unpaired) electrons. The molecule has 1 fully saturated rings. The van der Waals surface area contributed by atoms with Crippen LogP contribution in [0.3, 0.4) is 0 Å². The second-order valence-corrected chi connectivity index (χ2v) is 6.24. The summed E-state index contributed by atoms with van der Waals surface area (Å²) in [6.45, 7) is 2.06. The van der Waals surface area contributed by atoms with Gasteiger partial charge in [-0.2, -0.15) is 0 Å². The van der Waals surface area contributed by atoms with E-state index in [0.717, 1.165) is 12.0 Å². The third-order valence-corrected chi connectivity index (χ3v) is 4.75. The Morgan fingerprint density at radius 3 is 2.81 bits per heavy atom. The molecule has 0 aromatic heterocycles. The molecule has 1 nitrogen and oxygen atoms in total. The molecule has 1 saturated heterocycles. The minimum Gasteiger partial charge on any atom is -0.293 e. The van der Waals surface area contributed by atoms with Gasteiger partial charge in [0.2, 0.25) is 0 Å². The predicted molar refractivity (Wildman–Crippen MR) is 67.8 cm³/mol. The van der Waals surface area contributed by atoms with Crippen LogP contribution in [0.5, 0.6) is 0 Å². The summed E-state index contributed by atoms with van der Waals surface area (Å²) in [5, 5.41) is 1.37. The van der Waals surface area contributed by atoms with Gasteiger partial charge in [-0.15, -0.1) is 11.8 Å². The molecule has 16 heavy (non-hydrogen) atoms. The Hall–Kier alpha value is -1.02. The summed E-state index contributed by atoms with van der Waals surface area (Å²) in [7, 11) is 0. The molecule has 1 aliphatic heterocycles. The monoisotopic (exact) mass is 230 g/mol. The lowest BCUT2D eigenvalue weighted by molar-refractivity contribution is 0.0858. The van der Waals surface area contributed by atoms with Crippen LogP contribution in [-0.4, -0.2) is 16.3 Å². The first-order chi connectivity index (χ1) is 7.69. The third kappa shape index (κ3) is 1.61. The van der Waals surface area contributed by atoms with Crippen molar-refractivity contribution in [3.05, 3.63) is 48.0 Å². The van der Waals surface area contributed by atoms with Crippen molar-refractivity contribution < 1.29 is 4.79 Å². The van der Waals surface area contributed by atoms with Crippen molar-refractivity contribution >= 4 is 17.5 Å². The highest BCUT2D eigenvalue weighted by Gasteiger charge is 2.47. The Morgan fingerprint density at radius 1 is 1.38 bits per heavy atom. The Bertz CT molecular complexity index is 451. The number of ketones is 1. The third-order valence-electron chi connectivity index (χ3n) is 3.46. The summed E-state index contributed by atoms with van der Waals surface area (Å²) in [5.41, 5.74) is 0.546. The summed E-state index contributed by atoms with van der Waals surface area (Å²) in [5.74, 6) is 0.260.